The number of hydroxylamine groups is 1. The summed E-state index contributed by atoms with van der Waals surface area (Å²) < 4.78 is 11.7. The van der Waals surface area contributed by atoms with E-state index in [4.69, 9.17) is 34.6 Å². The number of hydrogen-bond donors (Lipinski definition) is 5. The van der Waals surface area contributed by atoms with Gasteiger partial charge in [0, 0.05) is 74.1 Å². The summed E-state index contributed by atoms with van der Waals surface area (Å²) in [5.41, 5.74) is 7.58. The second-order valence-electron chi connectivity index (χ2n) is 14.5. The van der Waals surface area contributed by atoms with Gasteiger partial charge in [-0.25, -0.2) is 4.79 Å². The van der Waals surface area contributed by atoms with Crippen LogP contribution >= 0.6 is 0 Å². The van der Waals surface area contributed by atoms with Gasteiger partial charge in [-0.2, -0.15) is 5.06 Å². The van der Waals surface area contributed by atoms with E-state index in [9.17, 15) is 14.7 Å². The molecule has 7 heterocycles. The van der Waals surface area contributed by atoms with Crippen LogP contribution in [0, 0.1) is 17.8 Å². The molecule has 6 aliphatic heterocycles. The van der Waals surface area contributed by atoms with E-state index >= 15 is 0 Å². The van der Waals surface area contributed by atoms with Crippen LogP contribution < -0.4 is 5.06 Å². The molecule has 0 radical (unpaired) electrons. The lowest BCUT2D eigenvalue weighted by atomic mass is 9.70. The number of H-pyrrole nitrogens is 1. The maximum atomic E-state index is 14.1. The van der Waals surface area contributed by atoms with Crippen LogP contribution in [0.4, 0.5) is 5.69 Å². The average Bonchev–Trinajstić information content (AvgIpc) is 3.83. The number of rotatable bonds is 5. The van der Waals surface area contributed by atoms with Crippen molar-refractivity contribution in [3.8, 4) is 0 Å². The molecule has 300 valence electrons. The Balaban J connectivity index is 0.000000847. The number of nitrogens with zero attached hydrogens (tertiary/aromatic N) is 3. The van der Waals surface area contributed by atoms with Crippen LogP contribution in [0.5, 0.6) is 0 Å². The number of carbonyl (C=O) groups is 2. The fourth-order valence-corrected chi connectivity index (χ4v) is 10.2. The minimum Gasteiger partial charge on any atom is -0.466 e. The monoisotopic (exact) mass is 770 g/mol. The lowest BCUT2D eigenvalue weighted by Crippen LogP contribution is -2.58. The van der Waals surface area contributed by atoms with Gasteiger partial charge in [-0.3, -0.25) is 14.6 Å². The third kappa shape index (κ3) is 6.21. The topological polar surface area (TPSA) is 177 Å². The van der Waals surface area contributed by atoms with Crippen LogP contribution in [0.1, 0.15) is 49.6 Å². The Morgan fingerprint density at radius 2 is 1.77 bits per heavy atom. The van der Waals surface area contributed by atoms with Crippen molar-refractivity contribution >= 4 is 34.2 Å². The van der Waals surface area contributed by atoms with Crippen LogP contribution in [0.2, 0.25) is 0 Å². The van der Waals surface area contributed by atoms with Gasteiger partial charge in [0.15, 0.2) is 0 Å². The van der Waals surface area contributed by atoms with Gasteiger partial charge in [0.05, 0.1) is 50.3 Å². The van der Waals surface area contributed by atoms with E-state index in [0.717, 1.165) is 62.2 Å². The highest BCUT2D eigenvalue weighted by molar-refractivity contribution is 6.09. The van der Waals surface area contributed by atoms with Gasteiger partial charge < -0.3 is 39.8 Å². The van der Waals surface area contributed by atoms with Crippen molar-refractivity contribution in [1.29, 1.82) is 0 Å². The van der Waals surface area contributed by atoms with Crippen molar-refractivity contribution in [3.05, 3.63) is 100 Å². The number of aromatic nitrogens is 1. The van der Waals surface area contributed by atoms with E-state index in [-0.39, 0.29) is 41.7 Å². The van der Waals surface area contributed by atoms with Gasteiger partial charge in [-0.15, -0.1) is 0 Å². The number of amides is 1. The Labute approximate surface area is 327 Å². The van der Waals surface area contributed by atoms with E-state index in [1.807, 2.05) is 44.3 Å². The molecule has 3 aromatic rings. The van der Waals surface area contributed by atoms with Gasteiger partial charge in [-0.1, -0.05) is 48.6 Å². The van der Waals surface area contributed by atoms with Crippen molar-refractivity contribution in [3.63, 3.8) is 0 Å². The zero-order valence-corrected chi connectivity index (χ0v) is 33.1. The summed E-state index contributed by atoms with van der Waals surface area (Å²) in [7, 11) is 5.93. The van der Waals surface area contributed by atoms with Gasteiger partial charge in [0.2, 0.25) is 0 Å². The normalized spacial score (nSPS) is 29.7. The molecule has 1 saturated carbocycles. The number of esters is 1. The number of benzene rings is 2. The second-order valence-corrected chi connectivity index (χ2v) is 14.5. The summed E-state index contributed by atoms with van der Waals surface area (Å²) in [5.74, 6) is -1.08. The van der Waals surface area contributed by atoms with E-state index in [1.165, 1.54) is 35.9 Å². The summed E-state index contributed by atoms with van der Waals surface area (Å²) in [5, 5.41) is 35.8. The first-order chi connectivity index (χ1) is 27.3. The Hall–Kier alpha value is -4.63. The smallest absolute Gasteiger partial charge is 0.335 e. The number of nitrogens with one attached hydrogen (secondary N) is 1. The van der Waals surface area contributed by atoms with Crippen LogP contribution in [-0.4, -0.2) is 115 Å². The molecular weight excluding hydrogens is 716 g/mol. The number of fused-ring (bicyclic) bond motifs is 7. The third-order valence-corrected chi connectivity index (χ3v) is 12.4. The van der Waals surface area contributed by atoms with Gasteiger partial charge in [0.1, 0.15) is 11.5 Å². The highest BCUT2D eigenvalue weighted by Crippen LogP contribution is 2.57. The number of aromatic amines is 1. The summed E-state index contributed by atoms with van der Waals surface area (Å²) in [4.78, 5) is 44.3. The quantitative estimate of drug-likeness (QED) is 0.189. The standard InChI is InChI=1S/C40H42N4O6.3CH4O/c1-5-22(25-17-32-35-24(23-10-6-8-12-29(23)41-35)14-15-43(32)19-26(25)38(46)48-3)16-21(2)34-33-27-20-50-37(36(33)45)40(18-30(27)42-34)28-11-7-9-13-31(28)44(49-4)39(40)47;3*1-2/h5-13,16,19,25,27,30,32-33,36-37,41,45H,14-15,17-18,20H2,1-4H3;3*2H,1H3/b21-16+,22-5-;;;/t25-,27+,30-,32-,33+,36+,37+,40-;;;/m0.../s1. The molecule has 3 fully saturated rings. The fraction of sp³-hybridized carbons (Fsp3) is 0.465. The van der Waals surface area contributed by atoms with Crippen LogP contribution in [0.25, 0.3) is 10.9 Å². The maximum Gasteiger partial charge on any atom is 0.335 e. The number of ether oxygens (including phenoxy) is 2. The van der Waals surface area contributed by atoms with E-state index < -0.39 is 17.6 Å². The first kappa shape index (κ1) is 41.0. The number of aliphatic imine (C=N–C) groups is 1. The Kier molecular flexibility index (Phi) is 12.3. The molecule has 56 heavy (non-hydrogen) atoms. The van der Waals surface area contributed by atoms with Gasteiger partial charge >= 0.3 is 5.97 Å². The van der Waals surface area contributed by atoms with Crippen LogP contribution in [-0.2, 0) is 35.7 Å². The van der Waals surface area contributed by atoms with Gasteiger partial charge in [0.25, 0.3) is 5.91 Å². The number of methoxy groups -OCH3 is 1. The molecule has 10 rings (SSSR count). The number of anilines is 1. The minimum atomic E-state index is -1.09. The molecule has 4 bridgehead atoms. The summed E-state index contributed by atoms with van der Waals surface area (Å²) in [6.45, 7) is 5.30. The molecule has 2 aromatic carbocycles. The summed E-state index contributed by atoms with van der Waals surface area (Å²) in [6, 6.07) is 16.0. The highest BCUT2D eigenvalue weighted by Gasteiger charge is 2.67. The minimum absolute atomic E-state index is 0.0546. The second kappa shape index (κ2) is 16.8. The molecule has 7 aliphatic rings. The molecule has 2 saturated heterocycles. The van der Waals surface area contributed by atoms with E-state index in [0.29, 0.717) is 30.7 Å². The Bertz CT molecular complexity index is 2070. The molecule has 8 atom stereocenters. The third-order valence-electron chi connectivity index (χ3n) is 12.4. The number of aliphatic hydroxyl groups excluding tert-OH is 4. The molecule has 13 nitrogen and oxygen atoms in total. The Morgan fingerprint density at radius 1 is 1.05 bits per heavy atom. The van der Waals surface area contributed by atoms with Gasteiger partial charge in [-0.05, 0) is 67.5 Å². The van der Waals surface area contributed by atoms with Crippen LogP contribution in [0.15, 0.2) is 88.6 Å². The lowest BCUT2D eigenvalue weighted by Gasteiger charge is -2.42. The van der Waals surface area contributed by atoms with Crippen molar-refractivity contribution in [2.75, 3.05) is 53.8 Å². The van der Waals surface area contributed by atoms with E-state index in [2.05, 4.69) is 46.3 Å². The lowest BCUT2D eigenvalue weighted by molar-refractivity contribution is -0.152. The molecular formula is C43H54N4O9. The zero-order chi connectivity index (χ0) is 40.5. The molecule has 1 amide bonds. The van der Waals surface area contributed by atoms with Crippen molar-refractivity contribution in [1.82, 2.24) is 9.88 Å². The zero-order valence-electron chi connectivity index (χ0n) is 33.1. The number of para-hydroxylation sites is 2. The molecule has 0 unspecified atom stereocenters. The Morgan fingerprint density at radius 3 is 2.48 bits per heavy atom. The van der Waals surface area contributed by atoms with Crippen LogP contribution in [0.3, 0.4) is 0 Å². The van der Waals surface area contributed by atoms with E-state index in [1.54, 1.807) is 0 Å². The number of allylic oxidation sites excluding steroid dienone is 4. The molecule has 1 aliphatic carbocycles. The number of carbonyl (C=O) groups excluding carboxylic acids is 2. The fourth-order valence-electron chi connectivity index (χ4n) is 10.2. The predicted octanol–water partition coefficient (Wildman–Crippen LogP) is 3.93. The largest absolute Gasteiger partial charge is 0.466 e. The SMILES string of the molecule is C/C=C(/C=C(\C)C1=N[C@H]2C[C@@]3(C(=O)N(OC)c4ccccc43)[C@@H]3OC[C@H]2[C@H]1[C@H]3O)[C@@H]1C[C@H]2c3[nH]c4ccccc4c3CCN2C=C1C(=O)OC.CO.CO.CO. The first-order valence-electron chi connectivity index (χ1n) is 19.0. The molecule has 1 spiro atoms. The number of hydrogen-bond acceptors (Lipinski definition) is 11. The summed E-state index contributed by atoms with van der Waals surface area (Å²) >= 11 is 0. The van der Waals surface area contributed by atoms with Crippen molar-refractivity contribution < 1.29 is 44.3 Å². The van der Waals surface area contributed by atoms with Crippen molar-refractivity contribution in [2.45, 2.75) is 62.8 Å². The molecule has 5 N–H and O–H groups in total. The predicted molar refractivity (Wildman–Crippen MR) is 213 cm³/mol. The molecule has 13 heteroatoms. The maximum absolute atomic E-state index is 14.1. The molecule has 1 aromatic heterocycles. The number of aliphatic hydroxyl groups is 4. The average molecular weight is 771 g/mol. The van der Waals surface area contributed by atoms with Crippen molar-refractivity contribution in [2.24, 2.45) is 22.7 Å². The highest BCUT2D eigenvalue weighted by atomic mass is 16.7. The summed E-state index contributed by atoms with van der Waals surface area (Å²) in [6.07, 6.45) is 6.60. The first-order valence-corrected chi connectivity index (χ1v) is 19.0.